The monoisotopic (exact) mass is 679 g/mol. The van der Waals surface area contributed by atoms with Crippen molar-refractivity contribution in [2.24, 2.45) is 0 Å². The first-order valence-corrected chi connectivity index (χ1v) is 18.1. The van der Waals surface area contributed by atoms with Crippen LogP contribution in [0.4, 0.5) is 0 Å². The maximum atomic E-state index is 5.33. The Balaban J connectivity index is 1.42. The topological polar surface area (TPSA) is 48.5 Å². The first-order valence-electron chi connectivity index (χ1n) is 18.1. The fraction of sp³-hybridized carbons (Fsp3) is 0.0625. The predicted octanol–water partition coefficient (Wildman–Crippen LogP) is 11.7. The summed E-state index contributed by atoms with van der Waals surface area (Å²) in [5.74, 6) is 1.85. The van der Waals surface area contributed by atoms with Crippen molar-refractivity contribution in [2.75, 3.05) is 0 Å². The number of para-hydroxylation sites is 3. The van der Waals surface area contributed by atoms with Crippen molar-refractivity contribution in [3.05, 3.63) is 175 Å². The second-order valence-corrected chi connectivity index (χ2v) is 14.4. The van der Waals surface area contributed by atoms with Crippen LogP contribution in [-0.4, -0.2) is 24.1 Å². The molecule has 0 N–H and O–H groups in total. The Labute approximate surface area is 306 Å². The molecular formula is C48H33N5. The third kappa shape index (κ3) is 4.16. The lowest BCUT2D eigenvalue weighted by atomic mass is 9.80. The zero-order valence-electron chi connectivity index (χ0n) is 29.3. The molecule has 0 fully saturated rings. The zero-order valence-corrected chi connectivity index (χ0v) is 29.3. The molecule has 53 heavy (non-hydrogen) atoms. The first-order chi connectivity index (χ1) is 26.1. The van der Waals surface area contributed by atoms with Crippen molar-refractivity contribution >= 4 is 43.6 Å². The summed E-state index contributed by atoms with van der Waals surface area (Å²) < 4.78 is 4.76. The molecule has 0 amide bonds. The molecule has 0 unspecified atom stereocenters. The van der Waals surface area contributed by atoms with E-state index >= 15 is 0 Å². The Morgan fingerprint density at radius 3 is 1.58 bits per heavy atom. The quantitative estimate of drug-likeness (QED) is 0.186. The maximum absolute atomic E-state index is 5.33. The normalized spacial score (nSPS) is 13.2. The fourth-order valence-electron chi connectivity index (χ4n) is 8.91. The molecule has 1 aliphatic carbocycles. The number of hydrogen-bond acceptors (Lipinski definition) is 3. The smallest absolute Gasteiger partial charge is 0.238 e. The molecule has 1 aliphatic rings. The van der Waals surface area contributed by atoms with Crippen molar-refractivity contribution in [3.8, 4) is 45.5 Å². The second kappa shape index (κ2) is 11.1. The average Bonchev–Trinajstić information content (AvgIpc) is 3.82. The molecule has 5 nitrogen and oxygen atoms in total. The molecule has 0 atom stereocenters. The summed E-state index contributed by atoms with van der Waals surface area (Å²) in [6.45, 7) is 4.78. The highest BCUT2D eigenvalue weighted by Gasteiger charge is 2.41. The van der Waals surface area contributed by atoms with E-state index in [0.29, 0.717) is 17.6 Å². The summed E-state index contributed by atoms with van der Waals surface area (Å²) in [6, 6.07) is 57.8. The molecule has 3 heterocycles. The van der Waals surface area contributed by atoms with Crippen LogP contribution in [-0.2, 0) is 5.41 Å². The third-order valence-corrected chi connectivity index (χ3v) is 11.1. The summed E-state index contributed by atoms with van der Waals surface area (Å²) >= 11 is 0. The van der Waals surface area contributed by atoms with Gasteiger partial charge in [-0.05, 0) is 46.5 Å². The van der Waals surface area contributed by atoms with E-state index in [1.54, 1.807) is 0 Å². The van der Waals surface area contributed by atoms with Crippen LogP contribution in [0.1, 0.15) is 25.0 Å². The van der Waals surface area contributed by atoms with Gasteiger partial charge in [0.15, 0.2) is 11.6 Å². The molecule has 250 valence electrons. The molecule has 0 spiro atoms. The molecule has 0 saturated heterocycles. The molecular weight excluding hydrogens is 647 g/mol. The maximum Gasteiger partial charge on any atom is 0.238 e. The minimum Gasteiger partial charge on any atom is -0.307 e. The van der Waals surface area contributed by atoms with Gasteiger partial charge in [-0.15, -0.1) is 0 Å². The summed E-state index contributed by atoms with van der Waals surface area (Å²) in [7, 11) is 0. The largest absolute Gasteiger partial charge is 0.307 e. The van der Waals surface area contributed by atoms with Crippen molar-refractivity contribution in [3.63, 3.8) is 0 Å². The van der Waals surface area contributed by atoms with E-state index in [-0.39, 0.29) is 5.41 Å². The van der Waals surface area contributed by atoms with E-state index in [2.05, 4.69) is 150 Å². The van der Waals surface area contributed by atoms with Crippen molar-refractivity contribution < 1.29 is 0 Å². The van der Waals surface area contributed by atoms with Gasteiger partial charge >= 0.3 is 0 Å². The van der Waals surface area contributed by atoms with Crippen LogP contribution in [0.3, 0.4) is 0 Å². The minimum absolute atomic E-state index is 0.249. The highest BCUT2D eigenvalue weighted by molar-refractivity contribution is 6.30. The van der Waals surface area contributed by atoms with Gasteiger partial charge in [-0.25, -0.2) is 4.98 Å². The van der Waals surface area contributed by atoms with E-state index in [4.69, 9.17) is 15.0 Å². The summed E-state index contributed by atoms with van der Waals surface area (Å²) in [5.41, 5.74) is 12.5. The molecule has 0 saturated carbocycles. The lowest BCUT2D eigenvalue weighted by molar-refractivity contribution is 0.667. The fourth-order valence-corrected chi connectivity index (χ4v) is 8.91. The molecule has 7 aromatic carbocycles. The van der Waals surface area contributed by atoms with Crippen LogP contribution in [0.5, 0.6) is 0 Å². The van der Waals surface area contributed by atoms with Gasteiger partial charge in [-0.1, -0.05) is 153 Å². The van der Waals surface area contributed by atoms with E-state index in [1.165, 1.54) is 43.8 Å². The van der Waals surface area contributed by atoms with Crippen LogP contribution in [0, 0.1) is 0 Å². The van der Waals surface area contributed by atoms with Gasteiger partial charge in [-0.3, -0.25) is 4.57 Å². The minimum atomic E-state index is -0.249. The highest BCUT2D eigenvalue weighted by Crippen LogP contribution is 2.58. The molecule has 11 rings (SSSR count). The number of benzene rings is 7. The second-order valence-electron chi connectivity index (χ2n) is 14.4. The summed E-state index contributed by atoms with van der Waals surface area (Å²) in [6.07, 6.45) is 0. The molecule has 0 radical (unpaired) electrons. The molecule has 0 bridgehead atoms. The van der Waals surface area contributed by atoms with Crippen molar-refractivity contribution in [1.82, 2.24) is 24.1 Å². The van der Waals surface area contributed by atoms with Crippen LogP contribution in [0.2, 0.25) is 0 Å². The van der Waals surface area contributed by atoms with E-state index in [9.17, 15) is 0 Å². The number of hydrogen-bond donors (Lipinski definition) is 0. The Morgan fingerprint density at radius 2 is 0.943 bits per heavy atom. The Hall–Kier alpha value is -6.85. The number of fused-ring (bicyclic) bond motifs is 12. The SMILES string of the molecule is CC1(C)c2ccccc2-c2c1c1c3ccccc3n(-c3ccccc3)c1c1c2c2ccccc2n1-c1nc(-c2ccccc2)nc(-c2ccccc2)n1. The average molecular weight is 680 g/mol. The highest BCUT2D eigenvalue weighted by atomic mass is 15.2. The van der Waals surface area contributed by atoms with E-state index in [1.807, 2.05) is 36.4 Å². The van der Waals surface area contributed by atoms with Crippen LogP contribution in [0.15, 0.2) is 164 Å². The molecule has 0 aliphatic heterocycles. The zero-order chi connectivity index (χ0) is 35.3. The molecule has 10 aromatic rings. The van der Waals surface area contributed by atoms with Crippen LogP contribution < -0.4 is 0 Å². The third-order valence-electron chi connectivity index (χ3n) is 11.1. The molecule has 5 heteroatoms. The number of nitrogens with zero attached hydrogens (tertiary/aromatic N) is 5. The Morgan fingerprint density at radius 1 is 0.453 bits per heavy atom. The number of aromatic nitrogens is 5. The van der Waals surface area contributed by atoms with Crippen molar-refractivity contribution in [2.45, 2.75) is 19.3 Å². The van der Waals surface area contributed by atoms with E-state index in [0.717, 1.165) is 38.9 Å². The van der Waals surface area contributed by atoms with Gasteiger partial charge in [0.2, 0.25) is 5.95 Å². The Kier molecular flexibility index (Phi) is 6.23. The standard InChI is InChI=1S/C48H33N5/c1-48(2)36-27-15-12-24-33(36)39-40-34-25-13-17-29-38(34)53(47-50-45(30-18-6-3-7-19-30)49-46(51-47)31-20-8-4-9-21-31)43(40)44-41(42(39)48)35-26-14-16-28-37(35)52(44)32-22-10-5-11-23-32/h3-29H,1-2H3. The predicted molar refractivity (Wildman–Crippen MR) is 217 cm³/mol. The van der Waals surface area contributed by atoms with Crippen LogP contribution >= 0.6 is 0 Å². The lowest BCUT2D eigenvalue weighted by Gasteiger charge is -2.23. The first kappa shape index (κ1) is 29.8. The van der Waals surface area contributed by atoms with Crippen LogP contribution in [0.25, 0.3) is 89.2 Å². The van der Waals surface area contributed by atoms with Gasteiger partial charge in [0.25, 0.3) is 0 Å². The van der Waals surface area contributed by atoms with Gasteiger partial charge < -0.3 is 4.57 Å². The van der Waals surface area contributed by atoms with Gasteiger partial charge in [0.05, 0.1) is 22.1 Å². The van der Waals surface area contributed by atoms with E-state index < -0.39 is 0 Å². The molecule has 3 aromatic heterocycles. The van der Waals surface area contributed by atoms with Gasteiger partial charge in [-0.2, -0.15) is 9.97 Å². The lowest BCUT2D eigenvalue weighted by Crippen LogP contribution is -2.15. The summed E-state index contributed by atoms with van der Waals surface area (Å²) in [4.78, 5) is 15.7. The van der Waals surface area contributed by atoms with Gasteiger partial charge in [0, 0.05) is 43.8 Å². The van der Waals surface area contributed by atoms with Gasteiger partial charge in [0.1, 0.15) is 0 Å². The van der Waals surface area contributed by atoms with Crippen molar-refractivity contribution in [1.29, 1.82) is 0 Å². The summed E-state index contributed by atoms with van der Waals surface area (Å²) in [5, 5.41) is 4.87. The Bertz CT molecular complexity index is 3010. The number of rotatable bonds is 4.